The molecule has 182 valence electrons. The lowest BCUT2D eigenvalue weighted by Crippen LogP contribution is -2.44. The van der Waals surface area contributed by atoms with Crippen molar-refractivity contribution >= 4 is 29.0 Å². The third-order valence-corrected chi connectivity index (χ3v) is 7.08. The van der Waals surface area contributed by atoms with E-state index in [9.17, 15) is 4.79 Å². The maximum atomic E-state index is 15.4. The van der Waals surface area contributed by atoms with Crippen molar-refractivity contribution in [1.82, 2.24) is 10.3 Å². The molecule has 35 heavy (non-hydrogen) atoms. The molecule has 0 radical (unpaired) electrons. The molecule has 2 aliphatic heterocycles. The highest BCUT2D eigenvalue weighted by atomic mass is 35.5. The third kappa shape index (κ3) is 4.58. The maximum absolute atomic E-state index is 15.4. The summed E-state index contributed by atoms with van der Waals surface area (Å²) >= 11 is 6.43. The standard InChI is InChI=1S/C27H28ClFN4O2/c1-15(2)24-14-33(9-10-35-24)18-4-6-20(23(29)12-18)22-13-21(26(30)32-25(22)28)16-3-5-19-17(11-16)7-8-31-27(19)34/h3-6,11-13,15,24H,7-10,14H2,1-2H3,(H2,30,32)(H,31,34)/t24-/m0/s1. The van der Waals surface area contributed by atoms with Gasteiger partial charge in [-0.25, -0.2) is 9.37 Å². The first-order valence-electron chi connectivity index (χ1n) is 11.9. The number of fused-ring (bicyclic) bond motifs is 1. The Morgan fingerprint density at radius 1 is 1.14 bits per heavy atom. The van der Waals surface area contributed by atoms with E-state index in [1.165, 1.54) is 0 Å². The number of aromatic nitrogens is 1. The Labute approximate surface area is 209 Å². The Kier molecular flexibility index (Phi) is 6.38. The molecule has 5 rings (SSSR count). The van der Waals surface area contributed by atoms with E-state index < -0.39 is 0 Å². The van der Waals surface area contributed by atoms with Crippen molar-refractivity contribution in [2.75, 3.05) is 36.9 Å². The highest BCUT2D eigenvalue weighted by Crippen LogP contribution is 2.37. The van der Waals surface area contributed by atoms with Gasteiger partial charge in [0, 0.05) is 47.6 Å². The van der Waals surface area contributed by atoms with Gasteiger partial charge in [0.2, 0.25) is 0 Å². The Morgan fingerprint density at radius 3 is 2.71 bits per heavy atom. The highest BCUT2D eigenvalue weighted by Gasteiger charge is 2.24. The van der Waals surface area contributed by atoms with Crippen LogP contribution in [-0.4, -0.2) is 43.2 Å². The van der Waals surface area contributed by atoms with Crippen LogP contribution in [0.15, 0.2) is 42.5 Å². The van der Waals surface area contributed by atoms with Crippen molar-refractivity contribution in [3.8, 4) is 22.3 Å². The quantitative estimate of drug-likeness (QED) is 0.502. The van der Waals surface area contributed by atoms with Gasteiger partial charge in [0.05, 0.1) is 12.7 Å². The van der Waals surface area contributed by atoms with Crippen LogP contribution in [0.3, 0.4) is 0 Å². The summed E-state index contributed by atoms with van der Waals surface area (Å²) in [6, 6.07) is 12.5. The Bertz CT molecular complexity index is 1300. The molecule has 1 aromatic heterocycles. The SMILES string of the molecule is CC(C)[C@@H]1CN(c2ccc(-c3cc(-c4ccc5c(c4)CCNC5=O)c(N)nc3Cl)c(F)c2)CCO1. The molecule has 2 aromatic carbocycles. The summed E-state index contributed by atoms with van der Waals surface area (Å²) < 4.78 is 21.3. The maximum Gasteiger partial charge on any atom is 0.251 e. The van der Waals surface area contributed by atoms with Gasteiger partial charge in [0.15, 0.2) is 0 Å². The molecule has 1 amide bonds. The molecule has 0 aliphatic carbocycles. The molecule has 0 unspecified atom stereocenters. The lowest BCUT2D eigenvalue weighted by Gasteiger charge is -2.36. The van der Waals surface area contributed by atoms with Crippen LogP contribution < -0.4 is 16.0 Å². The Balaban J connectivity index is 1.49. The molecule has 6 nitrogen and oxygen atoms in total. The number of nitrogens with two attached hydrogens (primary N) is 1. The lowest BCUT2D eigenvalue weighted by molar-refractivity contribution is 0.0114. The van der Waals surface area contributed by atoms with Gasteiger partial charge >= 0.3 is 0 Å². The number of carbonyl (C=O) groups is 1. The van der Waals surface area contributed by atoms with E-state index >= 15 is 4.39 Å². The molecule has 1 atom stereocenters. The monoisotopic (exact) mass is 494 g/mol. The molecular weight excluding hydrogens is 467 g/mol. The van der Waals surface area contributed by atoms with Crippen LogP contribution in [0.4, 0.5) is 15.9 Å². The third-order valence-electron chi connectivity index (χ3n) is 6.79. The normalized spacial score (nSPS) is 17.9. The van der Waals surface area contributed by atoms with Gasteiger partial charge in [0.25, 0.3) is 5.91 Å². The molecule has 3 aromatic rings. The lowest BCUT2D eigenvalue weighted by atomic mass is 9.94. The largest absolute Gasteiger partial charge is 0.383 e. The second-order valence-electron chi connectivity index (χ2n) is 9.40. The van der Waals surface area contributed by atoms with Gasteiger partial charge in [-0.3, -0.25) is 4.79 Å². The highest BCUT2D eigenvalue weighted by molar-refractivity contribution is 6.32. The molecule has 0 bridgehead atoms. The minimum absolute atomic E-state index is 0.0807. The van der Waals surface area contributed by atoms with Crippen molar-refractivity contribution in [3.05, 3.63) is 64.6 Å². The van der Waals surface area contributed by atoms with Crippen LogP contribution >= 0.6 is 11.6 Å². The average Bonchev–Trinajstić information content (AvgIpc) is 2.84. The minimum Gasteiger partial charge on any atom is -0.383 e. The molecule has 3 heterocycles. The van der Waals surface area contributed by atoms with E-state index in [-0.39, 0.29) is 28.8 Å². The number of nitrogens with one attached hydrogen (secondary N) is 1. The predicted molar refractivity (Wildman–Crippen MR) is 137 cm³/mol. The number of amides is 1. The number of rotatable bonds is 4. The van der Waals surface area contributed by atoms with Gasteiger partial charge in [-0.15, -0.1) is 0 Å². The number of anilines is 2. The number of pyridine rings is 1. The van der Waals surface area contributed by atoms with E-state index in [0.717, 1.165) is 29.8 Å². The van der Waals surface area contributed by atoms with E-state index in [4.69, 9.17) is 22.1 Å². The van der Waals surface area contributed by atoms with Gasteiger partial charge in [-0.2, -0.15) is 0 Å². The van der Waals surface area contributed by atoms with E-state index in [0.29, 0.717) is 47.9 Å². The molecule has 1 fully saturated rings. The fourth-order valence-electron chi connectivity index (χ4n) is 4.75. The average molecular weight is 495 g/mol. The van der Waals surface area contributed by atoms with Gasteiger partial charge in [-0.1, -0.05) is 37.6 Å². The number of hydrogen-bond donors (Lipinski definition) is 2. The number of morpholine rings is 1. The topological polar surface area (TPSA) is 80.5 Å². The van der Waals surface area contributed by atoms with Gasteiger partial charge in [0.1, 0.15) is 16.8 Å². The zero-order valence-corrected chi connectivity index (χ0v) is 20.5. The Hall–Kier alpha value is -3.16. The second-order valence-corrected chi connectivity index (χ2v) is 9.76. The van der Waals surface area contributed by atoms with Crippen molar-refractivity contribution in [3.63, 3.8) is 0 Å². The summed E-state index contributed by atoms with van der Waals surface area (Å²) in [5, 5.41) is 2.98. The molecule has 0 saturated carbocycles. The fraction of sp³-hybridized carbons (Fsp3) is 0.333. The van der Waals surface area contributed by atoms with E-state index in [1.54, 1.807) is 24.3 Å². The second kappa shape index (κ2) is 9.47. The zero-order chi connectivity index (χ0) is 24.7. The van der Waals surface area contributed by atoms with Crippen LogP contribution in [0.2, 0.25) is 5.15 Å². The van der Waals surface area contributed by atoms with Gasteiger partial charge in [-0.05, 0) is 53.8 Å². The Morgan fingerprint density at radius 2 is 1.94 bits per heavy atom. The van der Waals surface area contributed by atoms with Crippen LogP contribution in [0.25, 0.3) is 22.3 Å². The van der Waals surface area contributed by atoms with Crippen LogP contribution in [0, 0.1) is 11.7 Å². The molecular formula is C27H28ClFN4O2. The fourth-order valence-corrected chi connectivity index (χ4v) is 5.00. The summed E-state index contributed by atoms with van der Waals surface area (Å²) in [6.45, 7) is 6.90. The van der Waals surface area contributed by atoms with E-state index in [2.05, 4.69) is 29.0 Å². The molecule has 0 spiro atoms. The van der Waals surface area contributed by atoms with Crippen molar-refractivity contribution < 1.29 is 13.9 Å². The van der Waals surface area contributed by atoms with Crippen LogP contribution in [0.5, 0.6) is 0 Å². The predicted octanol–water partition coefficient (Wildman–Crippen LogP) is 4.94. The first-order valence-corrected chi connectivity index (χ1v) is 12.2. The first kappa shape index (κ1) is 23.6. The number of halogens is 2. The smallest absolute Gasteiger partial charge is 0.251 e. The van der Waals surface area contributed by atoms with Crippen LogP contribution in [0.1, 0.15) is 29.8 Å². The zero-order valence-electron chi connectivity index (χ0n) is 19.8. The summed E-state index contributed by atoms with van der Waals surface area (Å²) in [6.07, 6.45) is 0.852. The van der Waals surface area contributed by atoms with Crippen molar-refractivity contribution in [2.45, 2.75) is 26.4 Å². The van der Waals surface area contributed by atoms with Crippen molar-refractivity contribution in [1.29, 1.82) is 0 Å². The summed E-state index contributed by atoms with van der Waals surface area (Å²) in [4.78, 5) is 18.6. The molecule has 2 aliphatic rings. The molecule has 1 saturated heterocycles. The summed E-state index contributed by atoms with van der Waals surface area (Å²) in [5.74, 6) is 0.182. The van der Waals surface area contributed by atoms with Crippen molar-refractivity contribution in [2.24, 2.45) is 5.92 Å². The number of ether oxygens (including phenoxy) is 1. The number of carbonyl (C=O) groups excluding carboxylic acids is 1. The summed E-state index contributed by atoms with van der Waals surface area (Å²) in [7, 11) is 0. The first-order chi connectivity index (χ1) is 16.8. The van der Waals surface area contributed by atoms with Crippen LogP contribution in [-0.2, 0) is 11.2 Å². The van der Waals surface area contributed by atoms with E-state index in [1.807, 2.05) is 18.2 Å². The van der Waals surface area contributed by atoms with Gasteiger partial charge < -0.3 is 20.7 Å². The molecule has 8 heteroatoms. The summed E-state index contributed by atoms with van der Waals surface area (Å²) in [5.41, 5.74) is 10.9. The minimum atomic E-state index is -0.378. The number of benzene rings is 2. The number of nitrogens with zero attached hydrogens (tertiary/aromatic N) is 2. The molecule has 3 N–H and O–H groups in total. The number of hydrogen-bond acceptors (Lipinski definition) is 5. The number of nitrogen functional groups attached to an aromatic ring is 1.